The summed E-state index contributed by atoms with van der Waals surface area (Å²) in [6.45, 7) is 3.90. The molecular weight excluding hydrogens is 308 g/mol. The van der Waals surface area contributed by atoms with Gasteiger partial charge in [0.25, 0.3) is 5.88 Å². The summed E-state index contributed by atoms with van der Waals surface area (Å²) in [5, 5.41) is 8.09. The van der Waals surface area contributed by atoms with Crippen LogP contribution in [0.2, 0.25) is 0 Å². The minimum Gasteiger partial charge on any atom is -0.435 e. The number of rotatable bonds is 2. The number of ether oxygens (including phenoxy) is 1. The molecule has 6 heteroatoms. The number of aromatic nitrogens is 4. The third kappa shape index (κ3) is 2.19. The molecule has 0 atom stereocenters. The van der Waals surface area contributed by atoms with Crippen molar-refractivity contribution in [2.75, 3.05) is 0 Å². The Balaban J connectivity index is 2.06. The van der Waals surface area contributed by atoms with Gasteiger partial charge in [0.15, 0.2) is 0 Å². The SMILES string of the molecule is Cc1ccc(Oc2nccn3c(C)nnc23)c(Br)c1. The van der Waals surface area contributed by atoms with Gasteiger partial charge in [-0.3, -0.25) is 4.40 Å². The van der Waals surface area contributed by atoms with Crippen LogP contribution in [0.15, 0.2) is 35.1 Å². The first-order valence-electron chi connectivity index (χ1n) is 5.75. The normalized spacial score (nSPS) is 10.9. The van der Waals surface area contributed by atoms with Crippen LogP contribution in [0.1, 0.15) is 11.4 Å². The Labute approximate surface area is 118 Å². The molecule has 0 spiro atoms. The second-order valence-corrected chi connectivity index (χ2v) is 5.06. The molecule has 0 fully saturated rings. The van der Waals surface area contributed by atoms with Gasteiger partial charge in [-0.15, -0.1) is 10.2 Å². The quantitative estimate of drug-likeness (QED) is 0.727. The number of fused-ring (bicyclic) bond motifs is 1. The summed E-state index contributed by atoms with van der Waals surface area (Å²) in [6.07, 6.45) is 3.47. The predicted molar refractivity (Wildman–Crippen MR) is 74.5 cm³/mol. The summed E-state index contributed by atoms with van der Waals surface area (Å²) in [4.78, 5) is 4.21. The molecule has 0 aliphatic carbocycles. The van der Waals surface area contributed by atoms with Crippen LogP contribution in [0.25, 0.3) is 5.65 Å². The highest BCUT2D eigenvalue weighted by atomic mass is 79.9. The Morgan fingerprint density at radius 2 is 2.05 bits per heavy atom. The van der Waals surface area contributed by atoms with E-state index in [4.69, 9.17) is 4.74 Å². The lowest BCUT2D eigenvalue weighted by Crippen LogP contribution is -1.95. The second kappa shape index (κ2) is 4.62. The van der Waals surface area contributed by atoms with Crippen LogP contribution in [0, 0.1) is 13.8 Å². The molecule has 96 valence electrons. The third-order valence-electron chi connectivity index (χ3n) is 2.76. The fraction of sp³-hybridized carbons (Fsp3) is 0.154. The lowest BCUT2D eigenvalue weighted by molar-refractivity contribution is 0.462. The number of hydrogen-bond donors (Lipinski definition) is 0. The van der Waals surface area contributed by atoms with Crippen molar-refractivity contribution >= 4 is 21.6 Å². The predicted octanol–water partition coefficient (Wildman–Crippen LogP) is 3.30. The average molecular weight is 319 g/mol. The molecule has 5 nitrogen and oxygen atoms in total. The molecule has 0 unspecified atom stereocenters. The Morgan fingerprint density at radius 1 is 1.21 bits per heavy atom. The Kier molecular flexibility index (Phi) is 2.94. The lowest BCUT2D eigenvalue weighted by atomic mass is 10.2. The van der Waals surface area contributed by atoms with Crippen LogP contribution in [0.5, 0.6) is 11.6 Å². The maximum absolute atomic E-state index is 5.81. The summed E-state index contributed by atoms with van der Waals surface area (Å²) in [6, 6.07) is 5.87. The lowest BCUT2D eigenvalue weighted by Gasteiger charge is -2.07. The standard InChI is InChI=1S/C13H11BrN4O/c1-8-3-4-11(10(14)7-8)19-13-12-17-16-9(2)18(12)6-5-15-13/h3-7H,1-2H3. The zero-order valence-electron chi connectivity index (χ0n) is 10.5. The van der Waals surface area contributed by atoms with E-state index in [9.17, 15) is 0 Å². The van der Waals surface area contributed by atoms with Crippen LogP contribution < -0.4 is 4.74 Å². The summed E-state index contributed by atoms with van der Waals surface area (Å²) < 4.78 is 8.53. The molecule has 19 heavy (non-hydrogen) atoms. The minimum atomic E-state index is 0.438. The Bertz CT molecular complexity index is 753. The van der Waals surface area contributed by atoms with E-state index in [0.717, 1.165) is 15.9 Å². The minimum absolute atomic E-state index is 0.438. The molecule has 0 saturated heterocycles. The van der Waals surface area contributed by atoms with Gasteiger partial charge in [-0.05, 0) is 47.5 Å². The van der Waals surface area contributed by atoms with Gasteiger partial charge >= 0.3 is 0 Å². The van der Waals surface area contributed by atoms with Crippen LogP contribution in [-0.4, -0.2) is 19.6 Å². The van der Waals surface area contributed by atoms with E-state index < -0.39 is 0 Å². The summed E-state index contributed by atoms with van der Waals surface area (Å²) >= 11 is 3.48. The van der Waals surface area contributed by atoms with Crippen molar-refractivity contribution < 1.29 is 4.74 Å². The maximum atomic E-state index is 5.81. The van der Waals surface area contributed by atoms with Crippen LogP contribution in [-0.2, 0) is 0 Å². The van der Waals surface area contributed by atoms with Crippen LogP contribution >= 0.6 is 15.9 Å². The van der Waals surface area contributed by atoms with E-state index in [1.54, 1.807) is 6.20 Å². The summed E-state index contributed by atoms with van der Waals surface area (Å²) in [5.74, 6) is 1.93. The third-order valence-corrected chi connectivity index (χ3v) is 3.38. The van der Waals surface area contributed by atoms with Gasteiger partial charge in [0, 0.05) is 12.4 Å². The van der Waals surface area contributed by atoms with Gasteiger partial charge in [-0.1, -0.05) is 6.07 Å². The van der Waals surface area contributed by atoms with Crippen molar-refractivity contribution in [3.63, 3.8) is 0 Å². The molecule has 2 heterocycles. The number of benzene rings is 1. The molecule has 3 rings (SSSR count). The first-order chi connectivity index (χ1) is 9.15. The number of halogens is 1. The molecule has 0 N–H and O–H groups in total. The zero-order valence-corrected chi connectivity index (χ0v) is 12.0. The molecule has 1 aromatic carbocycles. The topological polar surface area (TPSA) is 52.3 Å². The van der Waals surface area contributed by atoms with Crippen molar-refractivity contribution in [2.45, 2.75) is 13.8 Å². The number of nitrogens with zero attached hydrogens (tertiary/aromatic N) is 4. The van der Waals surface area contributed by atoms with E-state index in [-0.39, 0.29) is 0 Å². The van der Waals surface area contributed by atoms with Gasteiger partial charge in [0.1, 0.15) is 11.6 Å². The van der Waals surface area contributed by atoms with Gasteiger partial charge in [-0.2, -0.15) is 0 Å². The van der Waals surface area contributed by atoms with E-state index in [2.05, 4.69) is 31.1 Å². The molecule has 0 radical (unpaired) electrons. The highest BCUT2D eigenvalue weighted by Crippen LogP contribution is 2.30. The molecule has 3 aromatic rings. The summed E-state index contributed by atoms with van der Waals surface area (Å²) in [5.41, 5.74) is 1.76. The highest BCUT2D eigenvalue weighted by Gasteiger charge is 2.11. The molecule has 0 amide bonds. The van der Waals surface area contributed by atoms with Gasteiger partial charge in [0.2, 0.25) is 5.65 Å². The van der Waals surface area contributed by atoms with E-state index >= 15 is 0 Å². The van der Waals surface area contributed by atoms with Crippen molar-refractivity contribution in [3.8, 4) is 11.6 Å². The number of aryl methyl sites for hydroxylation is 2. The van der Waals surface area contributed by atoms with Gasteiger partial charge in [0.05, 0.1) is 4.47 Å². The maximum Gasteiger partial charge on any atom is 0.265 e. The average Bonchev–Trinajstić information content (AvgIpc) is 2.76. The van der Waals surface area contributed by atoms with Crippen molar-refractivity contribution in [1.82, 2.24) is 19.6 Å². The zero-order chi connectivity index (χ0) is 13.4. The highest BCUT2D eigenvalue weighted by molar-refractivity contribution is 9.10. The van der Waals surface area contributed by atoms with Crippen molar-refractivity contribution in [3.05, 3.63) is 46.5 Å². The first kappa shape index (κ1) is 12.1. The second-order valence-electron chi connectivity index (χ2n) is 4.21. The largest absolute Gasteiger partial charge is 0.435 e. The molecule has 0 aliphatic rings. The van der Waals surface area contributed by atoms with Crippen molar-refractivity contribution in [1.29, 1.82) is 0 Å². The molecule has 2 aromatic heterocycles. The molecule has 0 saturated carbocycles. The Morgan fingerprint density at radius 3 is 2.84 bits per heavy atom. The number of hydrogen-bond acceptors (Lipinski definition) is 4. The Hall–Kier alpha value is -1.95. The van der Waals surface area contributed by atoms with E-state index in [1.807, 2.05) is 42.6 Å². The van der Waals surface area contributed by atoms with Crippen LogP contribution in [0.3, 0.4) is 0 Å². The smallest absolute Gasteiger partial charge is 0.265 e. The van der Waals surface area contributed by atoms with Crippen LogP contribution in [0.4, 0.5) is 0 Å². The first-order valence-corrected chi connectivity index (χ1v) is 6.55. The van der Waals surface area contributed by atoms with Crippen molar-refractivity contribution in [2.24, 2.45) is 0 Å². The van der Waals surface area contributed by atoms with Gasteiger partial charge in [-0.25, -0.2) is 4.98 Å². The van der Waals surface area contributed by atoms with E-state index in [1.165, 1.54) is 0 Å². The molecular formula is C13H11BrN4O. The fourth-order valence-electron chi connectivity index (χ4n) is 1.78. The molecule has 0 bridgehead atoms. The van der Waals surface area contributed by atoms with Gasteiger partial charge < -0.3 is 4.74 Å². The fourth-order valence-corrected chi connectivity index (χ4v) is 2.36. The van der Waals surface area contributed by atoms with E-state index in [0.29, 0.717) is 17.3 Å². The molecule has 0 aliphatic heterocycles. The monoisotopic (exact) mass is 318 g/mol. The summed E-state index contributed by atoms with van der Waals surface area (Å²) in [7, 11) is 0.